The molecule has 0 fully saturated rings. The maximum Gasteiger partial charge on any atom is 0.326 e. The fraction of sp³-hybridized carbons (Fsp3) is 0.700. The van der Waals surface area contributed by atoms with E-state index in [9.17, 15) is 29.1 Å². The number of rotatable bonds is 19. The molecule has 0 heterocycles. The molecule has 4 amide bonds. The summed E-state index contributed by atoms with van der Waals surface area (Å²) in [6.45, 7) is 0.155. The van der Waals surface area contributed by atoms with Crippen molar-refractivity contribution in [3.05, 3.63) is 0 Å². The number of nitrogens with zero attached hydrogens (tertiary/aromatic N) is 1. The molecular formula is C20H38N8O6S2. The van der Waals surface area contributed by atoms with Gasteiger partial charge in [0, 0.05) is 6.54 Å². The lowest BCUT2D eigenvalue weighted by atomic mass is 10.1. The van der Waals surface area contributed by atoms with Crippen molar-refractivity contribution in [1.29, 1.82) is 0 Å². The number of thioether (sulfide) groups is 2. The van der Waals surface area contributed by atoms with Crippen molar-refractivity contribution in [3.8, 4) is 0 Å². The maximum atomic E-state index is 13.1. The van der Waals surface area contributed by atoms with Crippen LogP contribution in [0.3, 0.4) is 0 Å². The number of carbonyl (C=O) groups is 5. The molecule has 0 aromatic heterocycles. The molecule has 0 aliphatic heterocycles. The van der Waals surface area contributed by atoms with E-state index < -0.39 is 60.2 Å². The molecule has 0 rings (SSSR count). The molecule has 0 spiro atoms. The van der Waals surface area contributed by atoms with Crippen molar-refractivity contribution in [2.75, 3.05) is 30.6 Å². The summed E-state index contributed by atoms with van der Waals surface area (Å²) in [5.74, 6) is -3.29. The first-order valence-electron chi connectivity index (χ1n) is 11.1. The summed E-state index contributed by atoms with van der Waals surface area (Å²) in [6, 6.07) is -4.54. The highest BCUT2D eigenvalue weighted by Crippen LogP contribution is 2.07. The lowest BCUT2D eigenvalue weighted by molar-refractivity contribution is -0.143. The Hall–Kier alpha value is -2.72. The Morgan fingerprint density at radius 1 is 0.806 bits per heavy atom. The van der Waals surface area contributed by atoms with Crippen LogP contribution in [0.2, 0.25) is 0 Å². The zero-order chi connectivity index (χ0) is 27.7. The topological polar surface area (TPSA) is 258 Å². The number of hydrogen-bond donors (Lipinski definition) is 8. The van der Waals surface area contributed by atoms with Crippen LogP contribution >= 0.6 is 23.5 Å². The third-order valence-electron chi connectivity index (χ3n) is 4.81. The van der Waals surface area contributed by atoms with Gasteiger partial charge < -0.3 is 44.0 Å². The van der Waals surface area contributed by atoms with Gasteiger partial charge in [-0.05, 0) is 49.7 Å². The van der Waals surface area contributed by atoms with Gasteiger partial charge in [0.25, 0.3) is 0 Å². The summed E-state index contributed by atoms with van der Waals surface area (Å²) >= 11 is 3.00. The van der Waals surface area contributed by atoms with Gasteiger partial charge in [0.05, 0.1) is 12.5 Å². The fourth-order valence-electron chi connectivity index (χ4n) is 2.88. The van der Waals surface area contributed by atoms with E-state index in [1.54, 1.807) is 0 Å². The number of amides is 4. The Morgan fingerprint density at radius 3 is 1.81 bits per heavy atom. The van der Waals surface area contributed by atoms with Crippen LogP contribution in [-0.2, 0) is 24.0 Å². The molecule has 0 bridgehead atoms. The Balaban J connectivity index is 5.58. The summed E-state index contributed by atoms with van der Waals surface area (Å²) in [4.78, 5) is 64.8. The van der Waals surface area contributed by atoms with E-state index in [0.29, 0.717) is 17.9 Å². The zero-order valence-corrected chi connectivity index (χ0v) is 22.2. The summed E-state index contributed by atoms with van der Waals surface area (Å²) in [5, 5.41) is 16.7. The predicted octanol–water partition coefficient (Wildman–Crippen LogP) is -2.71. The summed E-state index contributed by atoms with van der Waals surface area (Å²) < 4.78 is 0. The van der Waals surface area contributed by atoms with Crippen LogP contribution in [0.5, 0.6) is 0 Å². The standard InChI is InChI=1S/C20H38N8O6S2/c1-35-8-5-11(21)16(30)26-13(6-9-36-2)18(32)27-12(4-3-7-25-20(23)24)17(31)28-14(19(33)34)10-15(22)29/h11-14H,3-10,21H2,1-2H3,(H2,22,29)(H,26,30)(H,27,32)(H,28,31)(H,33,34)(H4,23,24,25). The number of carbonyl (C=O) groups excluding carboxylic acids is 4. The third kappa shape index (κ3) is 14.6. The molecule has 0 radical (unpaired) electrons. The van der Waals surface area contributed by atoms with Gasteiger partial charge in [-0.15, -0.1) is 0 Å². The normalized spacial score (nSPS) is 14.0. The van der Waals surface area contributed by atoms with Crippen LogP contribution in [0, 0.1) is 0 Å². The van der Waals surface area contributed by atoms with Gasteiger partial charge in [-0.3, -0.25) is 24.2 Å². The minimum atomic E-state index is -1.58. The van der Waals surface area contributed by atoms with E-state index in [2.05, 4.69) is 20.9 Å². The second kappa shape index (κ2) is 18.5. The quantitative estimate of drug-likeness (QED) is 0.0465. The average molecular weight is 551 g/mol. The van der Waals surface area contributed by atoms with Crippen LogP contribution < -0.4 is 38.9 Å². The number of nitrogens with one attached hydrogen (secondary N) is 3. The predicted molar refractivity (Wildman–Crippen MR) is 141 cm³/mol. The summed E-state index contributed by atoms with van der Waals surface area (Å²) in [6.07, 6.45) is 4.11. The van der Waals surface area contributed by atoms with Gasteiger partial charge in [0.2, 0.25) is 23.6 Å². The molecule has 12 N–H and O–H groups in total. The largest absolute Gasteiger partial charge is 0.480 e. The van der Waals surface area contributed by atoms with E-state index in [0.717, 1.165) is 0 Å². The van der Waals surface area contributed by atoms with Gasteiger partial charge in [0.15, 0.2) is 5.96 Å². The van der Waals surface area contributed by atoms with Gasteiger partial charge in [-0.25, -0.2) is 4.79 Å². The molecule has 14 nitrogen and oxygen atoms in total. The Morgan fingerprint density at radius 2 is 1.31 bits per heavy atom. The average Bonchev–Trinajstić information content (AvgIpc) is 2.80. The number of nitrogens with two attached hydrogens (primary N) is 4. The molecular weight excluding hydrogens is 512 g/mol. The fourth-order valence-corrected chi connectivity index (χ4v) is 3.84. The number of carboxylic acids is 1. The molecule has 0 aliphatic rings. The van der Waals surface area contributed by atoms with Gasteiger partial charge in [0.1, 0.15) is 18.1 Å². The van der Waals surface area contributed by atoms with Gasteiger partial charge >= 0.3 is 5.97 Å². The summed E-state index contributed by atoms with van der Waals surface area (Å²) in [7, 11) is 0. The van der Waals surface area contributed by atoms with Crippen molar-refractivity contribution in [3.63, 3.8) is 0 Å². The molecule has 4 unspecified atom stereocenters. The van der Waals surface area contributed by atoms with Crippen molar-refractivity contribution < 1.29 is 29.1 Å². The smallest absolute Gasteiger partial charge is 0.326 e. The van der Waals surface area contributed by atoms with E-state index >= 15 is 0 Å². The maximum absolute atomic E-state index is 13.1. The van der Waals surface area contributed by atoms with Crippen molar-refractivity contribution in [2.45, 2.75) is 56.3 Å². The highest BCUT2D eigenvalue weighted by Gasteiger charge is 2.30. The lowest BCUT2D eigenvalue weighted by Gasteiger charge is -2.25. The molecule has 0 saturated heterocycles. The van der Waals surface area contributed by atoms with Crippen LogP contribution in [0.4, 0.5) is 0 Å². The number of primary amides is 1. The van der Waals surface area contributed by atoms with Crippen molar-refractivity contribution >= 4 is 59.1 Å². The minimum absolute atomic E-state index is 0.0493. The monoisotopic (exact) mass is 550 g/mol. The van der Waals surface area contributed by atoms with Crippen LogP contribution in [0.15, 0.2) is 4.99 Å². The number of hydrogen-bond acceptors (Lipinski definition) is 9. The van der Waals surface area contributed by atoms with Crippen molar-refractivity contribution in [2.24, 2.45) is 27.9 Å². The zero-order valence-electron chi connectivity index (χ0n) is 20.5. The van der Waals surface area contributed by atoms with E-state index in [1.165, 1.54) is 23.5 Å². The van der Waals surface area contributed by atoms with Crippen molar-refractivity contribution in [1.82, 2.24) is 16.0 Å². The minimum Gasteiger partial charge on any atom is -0.480 e. The second-order valence-corrected chi connectivity index (χ2v) is 9.78. The number of guanidine groups is 1. The number of carboxylic acid groups (broad SMARTS) is 1. The SMILES string of the molecule is CSCCC(N)C(=O)NC(CCSC)C(=O)NC(CCCN=C(N)N)C(=O)NC(CC(N)=O)C(=O)O. The van der Waals surface area contributed by atoms with Gasteiger partial charge in [-0.2, -0.15) is 23.5 Å². The molecule has 4 atom stereocenters. The molecule has 206 valence electrons. The molecule has 36 heavy (non-hydrogen) atoms. The summed E-state index contributed by atoms with van der Waals surface area (Å²) in [5.41, 5.74) is 21.6. The van der Waals surface area contributed by atoms with E-state index in [4.69, 9.17) is 22.9 Å². The number of aliphatic imine (C=N–C) groups is 1. The lowest BCUT2D eigenvalue weighted by Crippen LogP contribution is -2.57. The number of aliphatic carboxylic acids is 1. The first-order valence-corrected chi connectivity index (χ1v) is 13.9. The Labute approximate surface area is 218 Å². The molecule has 16 heteroatoms. The van der Waals surface area contributed by atoms with Crippen LogP contribution in [-0.4, -0.2) is 95.4 Å². The third-order valence-corrected chi connectivity index (χ3v) is 6.10. The van der Waals surface area contributed by atoms with E-state index in [-0.39, 0.29) is 31.8 Å². The molecule has 0 aromatic carbocycles. The molecule has 0 aromatic rings. The highest BCUT2D eigenvalue weighted by molar-refractivity contribution is 7.98. The van der Waals surface area contributed by atoms with Crippen LogP contribution in [0.25, 0.3) is 0 Å². The van der Waals surface area contributed by atoms with Crippen LogP contribution in [0.1, 0.15) is 32.1 Å². The molecule has 0 saturated carbocycles. The molecule has 0 aliphatic carbocycles. The Kier molecular flexibility index (Phi) is 17.1. The highest BCUT2D eigenvalue weighted by atomic mass is 32.2. The first-order chi connectivity index (χ1) is 16.9. The Bertz CT molecular complexity index is 781. The van der Waals surface area contributed by atoms with E-state index in [1.807, 2.05) is 12.5 Å². The van der Waals surface area contributed by atoms with Gasteiger partial charge in [-0.1, -0.05) is 0 Å². The first kappa shape index (κ1) is 33.3. The second-order valence-electron chi connectivity index (χ2n) is 7.81.